The maximum Gasteiger partial charge on any atom is 0.127 e. The lowest BCUT2D eigenvalue weighted by Crippen LogP contribution is -1.98. The zero-order chi connectivity index (χ0) is 14.5. The quantitative estimate of drug-likeness (QED) is 0.706. The van der Waals surface area contributed by atoms with Gasteiger partial charge in [-0.15, -0.1) is 11.6 Å². The van der Waals surface area contributed by atoms with Crippen molar-refractivity contribution in [1.29, 1.82) is 0 Å². The highest BCUT2D eigenvalue weighted by molar-refractivity contribution is 9.10. The van der Waals surface area contributed by atoms with Crippen LogP contribution in [0.2, 0.25) is 0 Å². The van der Waals surface area contributed by atoms with Crippen molar-refractivity contribution in [2.24, 2.45) is 0 Å². The van der Waals surface area contributed by atoms with Gasteiger partial charge in [-0.05, 0) is 35.9 Å². The van der Waals surface area contributed by atoms with Crippen molar-refractivity contribution in [1.82, 2.24) is 0 Å². The molecule has 0 aliphatic heterocycles. The van der Waals surface area contributed by atoms with Gasteiger partial charge in [-0.1, -0.05) is 15.9 Å². The molecule has 0 atom stereocenters. The number of rotatable bonds is 5. The van der Waals surface area contributed by atoms with Crippen LogP contribution in [0.25, 0.3) is 0 Å². The second-order valence-corrected chi connectivity index (χ2v) is 5.30. The predicted octanol–water partition coefficient (Wildman–Crippen LogP) is 4.91. The first kappa shape index (κ1) is 15.1. The second-order valence-electron chi connectivity index (χ2n) is 4.17. The summed E-state index contributed by atoms with van der Waals surface area (Å²) in [5.74, 6) is 1.09. The molecule has 106 valence electrons. The molecular weight excluding hydrogens is 347 g/mol. The van der Waals surface area contributed by atoms with Crippen molar-refractivity contribution in [3.05, 3.63) is 57.8 Å². The molecule has 0 aliphatic carbocycles. The first-order valence-electron chi connectivity index (χ1n) is 5.93. The van der Waals surface area contributed by atoms with Gasteiger partial charge in [0.1, 0.15) is 23.9 Å². The number of halogens is 3. The summed E-state index contributed by atoms with van der Waals surface area (Å²) >= 11 is 9.15. The fourth-order valence-corrected chi connectivity index (χ4v) is 2.25. The highest BCUT2D eigenvalue weighted by atomic mass is 79.9. The van der Waals surface area contributed by atoms with Crippen LogP contribution in [-0.4, -0.2) is 7.11 Å². The Morgan fingerprint density at radius 1 is 1.15 bits per heavy atom. The van der Waals surface area contributed by atoms with Gasteiger partial charge >= 0.3 is 0 Å². The van der Waals surface area contributed by atoms with E-state index in [4.69, 9.17) is 21.1 Å². The van der Waals surface area contributed by atoms with Gasteiger partial charge in [0.15, 0.2) is 0 Å². The third kappa shape index (κ3) is 3.87. The van der Waals surface area contributed by atoms with Crippen LogP contribution >= 0.6 is 27.5 Å². The molecule has 2 rings (SSSR count). The molecule has 0 aliphatic rings. The van der Waals surface area contributed by atoms with Crippen LogP contribution in [0, 0.1) is 5.82 Å². The van der Waals surface area contributed by atoms with E-state index in [1.165, 1.54) is 12.1 Å². The molecule has 2 aromatic carbocycles. The van der Waals surface area contributed by atoms with E-state index in [0.29, 0.717) is 17.9 Å². The Bertz CT molecular complexity index is 604. The molecule has 0 radical (unpaired) electrons. The average molecular weight is 360 g/mol. The SMILES string of the molecule is COc1ccc(Br)c(COc2cc(F)cc(CCl)c2)c1. The maximum absolute atomic E-state index is 13.4. The van der Waals surface area contributed by atoms with Crippen molar-refractivity contribution >= 4 is 27.5 Å². The van der Waals surface area contributed by atoms with Crippen LogP contribution < -0.4 is 9.47 Å². The Hall–Kier alpha value is -1.26. The third-order valence-electron chi connectivity index (χ3n) is 2.73. The normalized spacial score (nSPS) is 10.4. The summed E-state index contributed by atoms with van der Waals surface area (Å²) in [7, 11) is 1.60. The van der Waals surface area contributed by atoms with Crippen molar-refractivity contribution in [2.45, 2.75) is 12.5 Å². The van der Waals surface area contributed by atoms with Crippen molar-refractivity contribution in [3.63, 3.8) is 0 Å². The van der Waals surface area contributed by atoms with Gasteiger partial charge in [0.2, 0.25) is 0 Å². The molecule has 0 spiro atoms. The minimum atomic E-state index is -0.358. The molecule has 2 nitrogen and oxygen atoms in total. The van der Waals surface area contributed by atoms with Gasteiger partial charge in [0, 0.05) is 22.0 Å². The van der Waals surface area contributed by atoms with E-state index in [2.05, 4.69) is 15.9 Å². The third-order valence-corrected chi connectivity index (χ3v) is 3.81. The topological polar surface area (TPSA) is 18.5 Å². The van der Waals surface area contributed by atoms with Gasteiger partial charge in [-0.2, -0.15) is 0 Å². The molecule has 0 heterocycles. The van der Waals surface area contributed by atoms with Gasteiger partial charge in [0.25, 0.3) is 0 Å². The zero-order valence-electron chi connectivity index (χ0n) is 10.8. The van der Waals surface area contributed by atoms with Gasteiger partial charge in [-0.3, -0.25) is 0 Å². The summed E-state index contributed by atoms with van der Waals surface area (Å²) in [6.45, 7) is 0.308. The molecule has 0 saturated carbocycles. The van der Waals surface area contributed by atoms with E-state index in [1.807, 2.05) is 18.2 Å². The van der Waals surface area contributed by atoms with Crippen LogP contribution in [-0.2, 0) is 12.5 Å². The lowest BCUT2D eigenvalue weighted by molar-refractivity contribution is 0.302. The van der Waals surface area contributed by atoms with Crippen LogP contribution in [0.15, 0.2) is 40.9 Å². The van der Waals surface area contributed by atoms with Gasteiger partial charge in [0.05, 0.1) is 7.11 Å². The molecule has 0 bridgehead atoms. The van der Waals surface area contributed by atoms with Crippen LogP contribution in [0.1, 0.15) is 11.1 Å². The summed E-state index contributed by atoms with van der Waals surface area (Å²) < 4.78 is 25.1. The highest BCUT2D eigenvalue weighted by Gasteiger charge is 2.05. The van der Waals surface area contributed by atoms with Crippen LogP contribution in [0.3, 0.4) is 0 Å². The van der Waals surface area contributed by atoms with E-state index in [0.717, 1.165) is 15.8 Å². The number of hydrogen-bond donors (Lipinski definition) is 0. The molecule has 5 heteroatoms. The predicted molar refractivity (Wildman–Crippen MR) is 81.0 cm³/mol. The number of methoxy groups -OCH3 is 1. The Kier molecular flexibility index (Phi) is 5.26. The number of benzene rings is 2. The fourth-order valence-electron chi connectivity index (χ4n) is 1.73. The highest BCUT2D eigenvalue weighted by Crippen LogP contribution is 2.25. The Morgan fingerprint density at radius 3 is 2.65 bits per heavy atom. The minimum absolute atomic E-state index is 0.247. The molecule has 0 aromatic heterocycles. The molecule has 0 N–H and O–H groups in total. The monoisotopic (exact) mass is 358 g/mol. The van der Waals surface area contributed by atoms with E-state index < -0.39 is 0 Å². The Labute approximate surface area is 130 Å². The van der Waals surface area contributed by atoms with Crippen LogP contribution in [0.4, 0.5) is 4.39 Å². The molecule has 0 amide bonds. The van der Waals surface area contributed by atoms with E-state index in [9.17, 15) is 4.39 Å². The second kappa shape index (κ2) is 6.95. The first-order chi connectivity index (χ1) is 9.62. The van der Waals surface area contributed by atoms with E-state index >= 15 is 0 Å². The Balaban J connectivity index is 2.14. The number of hydrogen-bond acceptors (Lipinski definition) is 2. The molecular formula is C15H13BrClFO2. The molecule has 20 heavy (non-hydrogen) atoms. The molecule has 0 unspecified atom stereocenters. The number of alkyl halides is 1. The smallest absolute Gasteiger partial charge is 0.127 e. The van der Waals surface area contributed by atoms with E-state index in [-0.39, 0.29) is 11.7 Å². The van der Waals surface area contributed by atoms with Crippen molar-refractivity contribution in [3.8, 4) is 11.5 Å². The van der Waals surface area contributed by atoms with Gasteiger partial charge in [-0.25, -0.2) is 4.39 Å². The van der Waals surface area contributed by atoms with Crippen LogP contribution in [0.5, 0.6) is 11.5 Å². The van der Waals surface area contributed by atoms with E-state index in [1.54, 1.807) is 13.2 Å². The zero-order valence-corrected chi connectivity index (χ0v) is 13.2. The number of ether oxygens (including phenoxy) is 2. The fraction of sp³-hybridized carbons (Fsp3) is 0.200. The first-order valence-corrected chi connectivity index (χ1v) is 7.26. The van der Waals surface area contributed by atoms with Gasteiger partial charge < -0.3 is 9.47 Å². The van der Waals surface area contributed by atoms with Crippen molar-refractivity contribution < 1.29 is 13.9 Å². The summed E-state index contributed by atoms with van der Waals surface area (Å²) in [6, 6.07) is 10.1. The average Bonchev–Trinajstić information content (AvgIpc) is 2.45. The minimum Gasteiger partial charge on any atom is -0.497 e. The molecule has 0 fully saturated rings. The summed E-state index contributed by atoms with van der Waals surface area (Å²) in [6.07, 6.45) is 0. The lowest BCUT2D eigenvalue weighted by atomic mass is 10.2. The largest absolute Gasteiger partial charge is 0.497 e. The standard InChI is InChI=1S/C15H13BrClFO2/c1-19-13-2-3-15(16)11(6-13)9-20-14-5-10(8-17)4-12(18)7-14/h2-7H,8-9H2,1H3. The molecule has 0 saturated heterocycles. The van der Waals surface area contributed by atoms with Crippen molar-refractivity contribution in [2.75, 3.05) is 7.11 Å². The molecule has 2 aromatic rings. The Morgan fingerprint density at radius 2 is 1.95 bits per heavy atom. The summed E-state index contributed by atoms with van der Waals surface area (Å²) in [4.78, 5) is 0. The lowest BCUT2D eigenvalue weighted by Gasteiger charge is -2.10. The summed E-state index contributed by atoms with van der Waals surface area (Å²) in [5, 5.41) is 0. The maximum atomic E-state index is 13.4. The summed E-state index contributed by atoms with van der Waals surface area (Å²) in [5.41, 5.74) is 1.60.